The highest BCUT2D eigenvalue weighted by Gasteiger charge is 2.55. The fraction of sp³-hybridized carbons (Fsp3) is 0.636. The van der Waals surface area contributed by atoms with Gasteiger partial charge in [0.25, 0.3) is 0 Å². The predicted octanol–water partition coefficient (Wildman–Crippen LogP) is 0.112. The van der Waals surface area contributed by atoms with Gasteiger partial charge in [0.2, 0.25) is 0 Å². The van der Waals surface area contributed by atoms with E-state index in [4.69, 9.17) is 26.8 Å². The molecule has 0 spiro atoms. The monoisotopic (exact) mass is 307 g/mol. The zero-order valence-corrected chi connectivity index (χ0v) is 11.7. The second-order valence-electron chi connectivity index (χ2n) is 4.74. The van der Waals surface area contributed by atoms with Crippen molar-refractivity contribution in [3.63, 3.8) is 0 Å². The fourth-order valence-corrected chi connectivity index (χ4v) is 2.29. The molecule has 1 aliphatic heterocycles. The van der Waals surface area contributed by atoms with Crippen LogP contribution in [0.15, 0.2) is 11.0 Å². The van der Waals surface area contributed by atoms with Crippen LogP contribution in [0.4, 0.5) is 10.2 Å². The second kappa shape index (κ2) is 5.28. The topological polar surface area (TPSA) is 99.6 Å². The molecule has 1 aromatic heterocycles. The van der Waals surface area contributed by atoms with Gasteiger partial charge in [0.1, 0.15) is 18.0 Å². The van der Waals surface area contributed by atoms with Crippen LogP contribution < -0.4 is 11.4 Å². The molecule has 0 bridgehead atoms. The average molecular weight is 308 g/mol. The Balaban J connectivity index is 2.42. The molecule has 4 unspecified atom stereocenters. The first-order valence-corrected chi connectivity index (χ1v) is 6.22. The molecule has 4 atom stereocenters. The third kappa shape index (κ3) is 2.39. The summed E-state index contributed by atoms with van der Waals surface area (Å²) in [4.78, 5) is 15.3. The van der Waals surface area contributed by atoms with Crippen molar-refractivity contribution in [2.75, 3.05) is 19.5 Å². The van der Waals surface area contributed by atoms with E-state index in [2.05, 4.69) is 4.98 Å². The third-order valence-corrected chi connectivity index (χ3v) is 3.53. The summed E-state index contributed by atoms with van der Waals surface area (Å²) in [5, 5.41) is 9.92. The third-order valence-electron chi connectivity index (χ3n) is 3.23. The molecule has 3 N–H and O–H groups in total. The van der Waals surface area contributed by atoms with E-state index in [1.165, 1.54) is 7.11 Å². The van der Waals surface area contributed by atoms with Crippen molar-refractivity contribution in [2.45, 2.75) is 31.0 Å². The quantitative estimate of drug-likeness (QED) is 0.822. The Bertz CT molecular complexity index is 565. The van der Waals surface area contributed by atoms with E-state index in [9.17, 15) is 14.3 Å². The Kier molecular flexibility index (Phi) is 4.01. The van der Waals surface area contributed by atoms with Gasteiger partial charge in [-0.1, -0.05) is 11.6 Å². The van der Waals surface area contributed by atoms with Crippen LogP contribution in [-0.2, 0) is 9.47 Å². The molecule has 7 nitrogen and oxygen atoms in total. The first kappa shape index (κ1) is 15.2. The Morgan fingerprint density at radius 3 is 3.00 bits per heavy atom. The molecule has 0 aliphatic carbocycles. The predicted molar refractivity (Wildman–Crippen MR) is 69.2 cm³/mol. The highest BCUT2D eigenvalue weighted by atomic mass is 35.5. The molecule has 0 radical (unpaired) electrons. The molecule has 1 fully saturated rings. The molecule has 20 heavy (non-hydrogen) atoms. The molecule has 1 aliphatic rings. The number of hydrogen-bond donors (Lipinski definition) is 2. The van der Waals surface area contributed by atoms with Gasteiger partial charge in [0.15, 0.2) is 11.9 Å². The largest absolute Gasteiger partial charge is 0.387 e. The standard InChI is InChI=1S/C11H15ClFN3O4/c1-11(13)7(17)6(4-19-2)20-9(11)16-3-5(12)8(14)15-10(16)18/h3,6-7,9,17H,4H2,1-2H3,(H2,14,15,18). The minimum absolute atomic E-state index is 0.00585. The van der Waals surface area contributed by atoms with Crippen LogP contribution in [0.1, 0.15) is 13.2 Å². The zero-order chi connectivity index (χ0) is 15.1. The number of nitrogens with zero attached hydrogens (tertiary/aromatic N) is 2. The van der Waals surface area contributed by atoms with E-state index in [0.29, 0.717) is 0 Å². The summed E-state index contributed by atoms with van der Waals surface area (Å²) in [5.41, 5.74) is 2.38. The lowest BCUT2D eigenvalue weighted by Crippen LogP contribution is -2.43. The van der Waals surface area contributed by atoms with Crippen LogP contribution in [0.2, 0.25) is 5.02 Å². The molecule has 1 saturated heterocycles. The van der Waals surface area contributed by atoms with Crippen LogP contribution in [0, 0.1) is 0 Å². The van der Waals surface area contributed by atoms with E-state index >= 15 is 0 Å². The summed E-state index contributed by atoms with van der Waals surface area (Å²) in [7, 11) is 1.40. The zero-order valence-electron chi connectivity index (χ0n) is 10.9. The Hall–Kier alpha value is -1.22. The van der Waals surface area contributed by atoms with Crippen molar-refractivity contribution in [1.29, 1.82) is 0 Å². The summed E-state index contributed by atoms with van der Waals surface area (Å²) in [5.74, 6) is -0.152. The lowest BCUT2D eigenvalue weighted by atomic mass is 9.98. The number of hydrogen-bond acceptors (Lipinski definition) is 6. The fourth-order valence-electron chi connectivity index (χ4n) is 2.14. The van der Waals surface area contributed by atoms with Crippen molar-refractivity contribution in [3.05, 3.63) is 21.7 Å². The minimum atomic E-state index is -2.20. The number of ether oxygens (including phenoxy) is 2. The van der Waals surface area contributed by atoms with Gasteiger partial charge in [-0.25, -0.2) is 9.18 Å². The van der Waals surface area contributed by atoms with Crippen molar-refractivity contribution >= 4 is 17.4 Å². The normalized spacial score (nSPS) is 33.5. The number of aliphatic hydroxyl groups is 1. The molecular weight excluding hydrogens is 293 g/mol. The molecule has 2 rings (SSSR count). The van der Waals surface area contributed by atoms with Crippen LogP contribution in [0.25, 0.3) is 0 Å². The Morgan fingerprint density at radius 1 is 1.75 bits per heavy atom. The number of halogens is 2. The van der Waals surface area contributed by atoms with E-state index < -0.39 is 29.8 Å². The maximum absolute atomic E-state index is 14.6. The molecule has 1 aromatic rings. The van der Waals surface area contributed by atoms with Gasteiger partial charge in [-0.15, -0.1) is 0 Å². The van der Waals surface area contributed by atoms with Gasteiger partial charge >= 0.3 is 5.69 Å². The second-order valence-corrected chi connectivity index (χ2v) is 5.15. The number of aromatic nitrogens is 2. The number of methoxy groups -OCH3 is 1. The van der Waals surface area contributed by atoms with Crippen molar-refractivity contribution in [2.24, 2.45) is 0 Å². The number of rotatable bonds is 3. The highest BCUT2D eigenvalue weighted by molar-refractivity contribution is 6.32. The van der Waals surface area contributed by atoms with Gasteiger partial charge in [-0.2, -0.15) is 4.98 Å². The molecule has 0 saturated carbocycles. The Morgan fingerprint density at radius 2 is 2.40 bits per heavy atom. The minimum Gasteiger partial charge on any atom is -0.387 e. The summed E-state index contributed by atoms with van der Waals surface area (Å²) in [6.07, 6.45) is -2.58. The maximum Gasteiger partial charge on any atom is 0.351 e. The summed E-state index contributed by atoms with van der Waals surface area (Å²) in [6, 6.07) is 0. The van der Waals surface area contributed by atoms with Crippen LogP contribution in [0.5, 0.6) is 0 Å². The Labute approximate surface area is 119 Å². The van der Waals surface area contributed by atoms with Crippen molar-refractivity contribution < 1.29 is 19.0 Å². The van der Waals surface area contributed by atoms with E-state index in [-0.39, 0.29) is 17.4 Å². The molecule has 2 heterocycles. The number of alkyl halides is 1. The van der Waals surface area contributed by atoms with Gasteiger partial charge in [0, 0.05) is 13.3 Å². The van der Waals surface area contributed by atoms with Gasteiger partial charge in [-0.3, -0.25) is 4.57 Å². The summed E-state index contributed by atoms with van der Waals surface area (Å²) >= 11 is 5.78. The number of nitrogen functional groups attached to an aromatic ring is 1. The maximum atomic E-state index is 14.6. The van der Waals surface area contributed by atoms with Gasteiger partial charge < -0.3 is 20.3 Å². The smallest absolute Gasteiger partial charge is 0.351 e. The van der Waals surface area contributed by atoms with E-state index in [1.54, 1.807) is 0 Å². The van der Waals surface area contributed by atoms with Gasteiger partial charge in [-0.05, 0) is 6.92 Å². The molecule has 9 heteroatoms. The molecular formula is C11H15ClFN3O4. The first-order chi connectivity index (χ1) is 9.28. The summed E-state index contributed by atoms with van der Waals surface area (Å²) in [6.45, 7) is 1.12. The van der Waals surface area contributed by atoms with Crippen molar-refractivity contribution in [1.82, 2.24) is 9.55 Å². The summed E-state index contributed by atoms with van der Waals surface area (Å²) < 4.78 is 25.7. The van der Waals surface area contributed by atoms with Gasteiger partial charge in [0.05, 0.1) is 11.6 Å². The van der Waals surface area contributed by atoms with Crippen molar-refractivity contribution in [3.8, 4) is 0 Å². The SMILES string of the molecule is COCC1OC(n2cc(Cl)c(N)nc2=O)C(C)(F)C1O. The first-order valence-electron chi connectivity index (χ1n) is 5.84. The number of aliphatic hydroxyl groups excluding tert-OH is 1. The molecule has 112 valence electrons. The molecule has 0 amide bonds. The molecule has 0 aromatic carbocycles. The number of nitrogens with two attached hydrogens (primary N) is 1. The van der Waals surface area contributed by atoms with Crippen LogP contribution >= 0.6 is 11.6 Å². The lowest BCUT2D eigenvalue weighted by Gasteiger charge is -2.24. The number of anilines is 1. The highest BCUT2D eigenvalue weighted by Crippen LogP contribution is 2.41. The lowest BCUT2D eigenvalue weighted by molar-refractivity contribution is -0.0660. The van der Waals surface area contributed by atoms with E-state index in [1.807, 2.05) is 0 Å². The average Bonchev–Trinajstić information content (AvgIpc) is 2.58. The van der Waals surface area contributed by atoms with Crippen LogP contribution in [-0.4, -0.2) is 46.3 Å². The van der Waals surface area contributed by atoms with Crippen LogP contribution in [0.3, 0.4) is 0 Å². The van der Waals surface area contributed by atoms with E-state index in [0.717, 1.165) is 17.7 Å².